The minimum absolute atomic E-state index is 0.135. The summed E-state index contributed by atoms with van der Waals surface area (Å²) in [7, 11) is 0. The van der Waals surface area contributed by atoms with Gasteiger partial charge in [0, 0.05) is 23.4 Å². The van der Waals surface area contributed by atoms with Crippen molar-refractivity contribution >= 4 is 16.8 Å². The van der Waals surface area contributed by atoms with Crippen LogP contribution in [0.3, 0.4) is 0 Å². The third kappa shape index (κ3) is 2.78. The first kappa shape index (κ1) is 16.7. The second kappa shape index (κ2) is 6.20. The van der Waals surface area contributed by atoms with E-state index in [2.05, 4.69) is 20.2 Å². The number of carbonyl (C=O) groups is 1. The first-order chi connectivity index (χ1) is 13.0. The van der Waals surface area contributed by atoms with Gasteiger partial charge in [-0.3, -0.25) is 14.9 Å². The predicted octanol–water partition coefficient (Wildman–Crippen LogP) is 3.37. The first-order valence-corrected chi connectivity index (χ1v) is 7.63. The zero-order valence-electron chi connectivity index (χ0n) is 13.4. The van der Waals surface area contributed by atoms with Gasteiger partial charge in [0.15, 0.2) is 29.0 Å². The van der Waals surface area contributed by atoms with Gasteiger partial charge in [-0.15, -0.1) is 0 Å². The van der Waals surface area contributed by atoms with Crippen LogP contribution in [0.2, 0.25) is 0 Å². The number of halogens is 3. The SMILES string of the molecule is O=C(c1ccc2ncc(-c3cn[nH]c3)nc2c1)c1c(F)c(O)cc(F)c1F. The lowest BCUT2D eigenvalue weighted by atomic mass is 10.0. The Hall–Kier alpha value is -3.75. The molecule has 9 heteroatoms. The standard InChI is InChI=1S/C18H9F3N4O2/c19-10-4-14(26)17(21)15(16(10)20)18(27)8-1-2-11-12(3-8)25-13(7-22-11)9-5-23-24-6-9/h1-7,26H,(H,23,24). The Balaban J connectivity index is 1.84. The third-order valence-corrected chi connectivity index (χ3v) is 3.96. The van der Waals surface area contributed by atoms with Crippen molar-refractivity contribution in [2.75, 3.05) is 0 Å². The molecule has 0 saturated carbocycles. The van der Waals surface area contributed by atoms with Crippen molar-refractivity contribution in [1.29, 1.82) is 0 Å². The second-order valence-corrected chi connectivity index (χ2v) is 5.66. The minimum atomic E-state index is -1.67. The summed E-state index contributed by atoms with van der Waals surface area (Å²) < 4.78 is 41.5. The normalized spacial score (nSPS) is 11.1. The Morgan fingerprint density at radius 1 is 1.04 bits per heavy atom. The molecule has 2 N–H and O–H groups in total. The quantitative estimate of drug-likeness (QED) is 0.426. The van der Waals surface area contributed by atoms with Gasteiger partial charge < -0.3 is 5.11 Å². The molecule has 2 heterocycles. The summed E-state index contributed by atoms with van der Waals surface area (Å²) >= 11 is 0. The fraction of sp³-hybridized carbons (Fsp3) is 0. The van der Waals surface area contributed by atoms with E-state index in [1.54, 1.807) is 6.20 Å². The van der Waals surface area contributed by atoms with E-state index < -0.39 is 34.5 Å². The average molecular weight is 370 g/mol. The molecule has 134 valence electrons. The van der Waals surface area contributed by atoms with Crippen molar-refractivity contribution < 1.29 is 23.1 Å². The number of carbonyl (C=O) groups excluding carboxylic acids is 1. The van der Waals surface area contributed by atoms with Gasteiger partial charge in [0.25, 0.3) is 0 Å². The molecule has 4 aromatic rings. The lowest BCUT2D eigenvalue weighted by Gasteiger charge is -2.08. The average Bonchev–Trinajstić information content (AvgIpc) is 3.20. The molecule has 0 fully saturated rings. The maximum absolute atomic E-state index is 14.0. The number of aromatic nitrogens is 4. The van der Waals surface area contributed by atoms with E-state index in [-0.39, 0.29) is 11.6 Å². The lowest BCUT2D eigenvalue weighted by molar-refractivity contribution is 0.102. The molecule has 27 heavy (non-hydrogen) atoms. The predicted molar refractivity (Wildman–Crippen MR) is 88.5 cm³/mol. The van der Waals surface area contributed by atoms with Crippen molar-refractivity contribution in [3.63, 3.8) is 0 Å². The van der Waals surface area contributed by atoms with Gasteiger partial charge in [-0.25, -0.2) is 18.2 Å². The highest BCUT2D eigenvalue weighted by atomic mass is 19.2. The largest absolute Gasteiger partial charge is 0.505 e. The van der Waals surface area contributed by atoms with E-state index in [4.69, 9.17) is 0 Å². The van der Waals surface area contributed by atoms with Crippen molar-refractivity contribution in [2.45, 2.75) is 0 Å². The van der Waals surface area contributed by atoms with Crippen LogP contribution in [0.25, 0.3) is 22.3 Å². The Kier molecular flexibility index (Phi) is 3.84. The topological polar surface area (TPSA) is 91.8 Å². The molecule has 0 atom stereocenters. The number of nitrogens with one attached hydrogen (secondary N) is 1. The highest BCUT2D eigenvalue weighted by Crippen LogP contribution is 2.28. The van der Waals surface area contributed by atoms with E-state index in [9.17, 15) is 23.1 Å². The van der Waals surface area contributed by atoms with Crippen LogP contribution in [0, 0.1) is 17.5 Å². The zero-order valence-corrected chi connectivity index (χ0v) is 13.4. The van der Waals surface area contributed by atoms with Crippen molar-refractivity contribution in [3.8, 4) is 17.0 Å². The van der Waals surface area contributed by atoms with Crippen molar-refractivity contribution in [2.24, 2.45) is 0 Å². The maximum Gasteiger partial charge on any atom is 0.199 e. The number of phenols is 1. The molecule has 6 nitrogen and oxygen atoms in total. The van der Waals surface area contributed by atoms with E-state index >= 15 is 0 Å². The lowest BCUT2D eigenvalue weighted by Crippen LogP contribution is -2.09. The Morgan fingerprint density at radius 2 is 1.85 bits per heavy atom. The van der Waals surface area contributed by atoms with Crippen LogP contribution in [-0.2, 0) is 0 Å². The van der Waals surface area contributed by atoms with Gasteiger partial charge >= 0.3 is 0 Å². The molecule has 0 spiro atoms. The Bertz CT molecular complexity index is 1170. The molecule has 0 unspecified atom stereocenters. The minimum Gasteiger partial charge on any atom is -0.505 e. The highest BCUT2D eigenvalue weighted by Gasteiger charge is 2.25. The summed E-state index contributed by atoms with van der Waals surface area (Å²) in [6, 6.07) is 4.29. The number of H-pyrrole nitrogens is 1. The van der Waals surface area contributed by atoms with E-state index in [1.165, 1.54) is 30.6 Å². The number of benzene rings is 2. The van der Waals surface area contributed by atoms with Crippen LogP contribution in [-0.4, -0.2) is 31.1 Å². The number of phenolic OH excluding ortho intramolecular Hbond substituents is 1. The van der Waals surface area contributed by atoms with Gasteiger partial charge in [0.05, 0.1) is 29.1 Å². The molecule has 0 aliphatic rings. The number of ketones is 1. The van der Waals surface area contributed by atoms with Crippen LogP contribution in [0.1, 0.15) is 15.9 Å². The number of aromatic hydroxyl groups is 1. The van der Waals surface area contributed by atoms with Crippen LogP contribution in [0.15, 0.2) is 42.9 Å². The summed E-state index contributed by atoms with van der Waals surface area (Å²) in [5, 5.41) is 15.8. The highest BCUT2D eigenvalue weighted by molar-refractivity contribution is 6.10. The van der Waals surface area contributed by atoms with Gasteiger partial charge in [0.1, 0.15) is 5.56 Å². The summed E-state index contributed by atoms with van der Waals surface area (Å²) in [6.07, 6.45) is 4.65. The second-order valence-electron chi connectivity index (χ2n) is 5.66. The number of aromatic amines is 1. The number of hydrogen-bond acceptors (Lipinski definition) is 5. The van der Waals surface area contributed by atoms with Crippen molar-refractivity contribution in [1.82, 2.24) is 20.2 Å². The molecule has 0 aliphatic carbocycles. The number of hydrogen-bond donors (Lipinski definition) is 2. The molecule has 2 aromatic carbocycles. The number of nitrogens with zero attached hydrogens (tertiary/aromatic N) is 3. The first-order valence-electron chi connectivity index (χ1n) is 7.63. The van der Waals surface area contributed by atoms with Crippen LogP contribution < -0.4 is 0 Å². The smallest absolute Gasteiger partial charge is 0.199 e. The zero-order chi connectivity index (χ0) is 19.1. The fourth-order valence-corrected chi connectivity index (χ4v) is 2.62. The number of rotatable bonds is 3. The van der Waals surface area contributed by atoms with Gasteiger partial charge in [-0.05, 0) is 18.2 Å². The summed E-state index contributed by atoms with van der Waals surface area (Å²) in [5.74, 6) is -7.01. The van der Waals surface area contributed by atoms with E-state index in [1.807, 2.05) is 0 Å². The van der Waals surface area contributed by atoms with E-state index in [0.29, 0.717) is 22.3 Å². The Morgan fingerprint density at radius 3 is 2.59 bits per heavy atom. The molecular formula is C18H9F3N4O2. The summed E-state index contributed by atoms with van der Waals surface area (Å²) in [4.78, 5) is 21.1. The maximum atomic E-state index is 14.0. The van der Waals surface area contributed by atoms with Gasteiger partial charge in [-0.2, -0.15) is 5.10 Å². The third-order valence-electron chi connectivity index (χ3n) is 3.96. The molecule has 4 rings (SSSR count). The van der Waals surface area contributed by atoms with Crippen LogP contribution >= 0.6 is 0 Å². The summed E-state index contributed by atoms with van der Waals surface area (Å²) in [6.45, 7) is 0. The van der Waals surface area contributed by atoms with Crippen LogP contribution in [0.5, 0.6) is 5.75 Å². The van der Waals surface area contributed by atoms with Crippen LogP contribution in [0.4, 0.5) is 13.2 Å². The molecule has 0 amide bonds. The fourth-order valence-electron chi connectivity index (χ4n) is 2.62. The molecule has 0 radical (unpaired) electrons. The Labute approximate surface area is 149 Å². The van der Waals surface area contributed by atoms with Gasteiger partial charge in [-0.1, -0.05) is 0 Å². The molecule has 0 saturated heterocycles. The summed E-state index contributed by atoms with van der Waals surface area (Å²) in [5.41, 5.74) is 0.562. The number of fused-ring (bicyclic) bond motifs is 1. The molecular weight excluding hydrogens is 361 g/mol. The van der Waals surface area contributed by atoms with Crippen molar-refractivity contribution in [3.05, 3.63) is 71.4 Å². The monoisotopic (exact) mass is 370 g/mol. The molecule has 0 aliphatic heterocycles. The van der Waals surface area contributed by atoms with Gasteiger partial charge in [0.2, 0.25) is 0 Å². The van der Waals surface area contributed by atoms with E-state index in [0.717, 1.165) is 0 Å². The molecule has 0 bridgehead atoms. The molecule has 2 aromatic heterocycles.